The summed E-state index contributed by atoms with van der Waals surface area (Å²) in [4.78, 5) is 26.7. The minimum absolute atomic E-state index is 0.0311. The summed E-state index contributed by atoms with van der Waals surface area (Å²) in [7, 11) is 0. The van der Waals surface area contributed by atoms with Crippen LogP contribution in [0.1, 0.15) is 23.1 Å². The zero-order valence-electron chi connectivity index (χ0n) is 18.1. The van der Waals surface area contributed by atoms with Crippen molar-refractivity contribution >= 4 is 29.3 Å². The molecule has 0 bridgehead atoms. The normalized spacial score (nSPS) is 13.0. The number of carbonyl (C=O) groups excluding carboxylic acids is 2. The molecule has 3 aromatic rings. The van der Waals surface area contributed by atoms with Gasteiger partial charge >= 0.3 is 0 Å². The summed E-state index contributed by atoms with van der Waals surface area (Å²) in [5, 5.41) is 2.87. The van der Waals surface area contributed by atoms with Crippen LogP contribution >= 0.6 is 0 Å². The molecular formula is C27H26N2O3. The highest BCUT2D eigenvalue weighted by Crippen LogP contribution is 2.34. The van der Waals surface area contributed by atoms with Crippen molar-refractivity contribution in [1.29, 1.82) is 0 Å². The van der Waals surface area contributed by atoms with Crippen molar-refractivity contribution in [2.45, 2.75) is 19.8 Å². The van der Waals surface area contributed by atoms with E-state index in [2.05, 4.69) is 17.4 Å². The largest absolute Gasteiger partial charge is 0.482 e. The van der Waals surface area contributed by atoms with Gasteiger partial charge in [0.05, 0.1) is 5.69 Å². The highest BCUT2D eigenvalue weighted by atomic mass is 16.5. The van der Waals surface area contributed by atoms with Crippen LogP contribution in [-0.2, 0) is 16.0 Å². The van der Waals surface area contributed by atoms with Crippen LogP contribution in [0.4, 0.5) is 11.4 Å². The molecule has 1 N–H and O–H groups in total. The lowest BCUT2D eigenvalue weighted by atomic mass is 10.1. The van der Waals surface area contributed by atoms with E-state index in [0.717, 1.165) is 18.4 Å². The van der Waals surface area contributed by atoms with Crippen LogP contribution < -0.4 is 15.0 Å². The Morgan fingerprint density at radius 1 is 1.06 bits per heavy atom. The van der Waals surface area contributed by atoms with E-state index in [1.165, 1.54) is 17.2 Å². The zero-order valence-corrected chi connectivity index (χ0v) is 18.1. The minimum atomic E-state index is -0.232. The molecule has 0 saturated carbocycles. The van der Waals surface area contributed by atoms with Gasteiger partial charge in [-0.05, 0) is 55.2 Å². The summed E-state index contributed by atoms with van der Waals surface area (Å²) < 4.78 is 5.59. The highest BCUT2D eigenvalue weighted by molar-refractivity contribution is 6.03. The molecule has 1 aliphatic rings. The van der Waals surface area contributed by atoms with E-state index in [1.54, 1.807) is 29.2 Å². The maximum absolute atomic E-state index is 12.5. The van der Waals surface area contributed by atoms with Crippen molar-refractivity contribution in [1.82, 2.24) is 0 Å². The Balaban J connectivity index is 1.42. The van der Waals surface area contributed by atoms with E-state index in [0.29, 0.717) is 23.7 Å². The topological polar surface area (TPSA) is 58.6 Å². The Hall–Kier alpha value is -3.86. The molecule has 0 aromatic heterocycles. The van der Waals surface area contributed by atoms with E-state index in [-0.39, 0.29) is 18.4 Å². The average molecular weight is 427 g/mol. The molecule has 0 fully saturated rings. The third kappa shape index (κ3) is 5.43. The number of ether oxygens (including phenoxy) is 1. The Bertz CT molecular complexity index is 1120. The molecule has 0 spiro atoms. The Morgan fingerprint density at radius 2 is 1.84 bits per heavy atom. The number of hydrogen-bond donors (Lipinski definition) is 1. The molecule has 4 rings (SSSR count). The van der Waals surface area contributed by atoms with Crippen molar-refractivity contribution < 1.29 is 14.3 Å². The van der Waals surface area contributed by atoms with Gasteiger partial charge < -0.3 is 15.0 Å². The monoisotopic (exact) mass is 426 g/mol. The van der Waals surface area contributed by atoms with Crippen molar-refractivity contribution in [2.24, 2.45) is 0 Å². The summed E-state index contributed by atoms with van der Waals surface area (Å²) in [6.45, 7) is 2.65. The molecule has 0 saturated heterocycles. The summed E-state index contributed by atoms with van der Waals surface area (Å²) in [5.74, 6) is 0.343. The highest BCUT2D eigenvalue weighted by Gasteiger charge is 2.25. The predicted octanol–water partition coefficient (Wildman–Crippen LogP) is 5.01. The van der Waals surface area contributed by atoms with E-state index < -0.39 is 0 Å². The molecule has 2 amide bonds. The standard InChI is InChI=1S/C27H26N2O3/c1-20-9-11-22(12-10-20)13-16-26(30)28-23-14-15-25-24(18-23)29(27(31)19-32-25)17-5-8-21-6-3-2-4-7-21/h2-4,6-7,9-16,18H,5,8,17,19H2,1H3,(H,28,30)/b16-13+. The first-order valence-corrected chi connectivity index (χ1v) is 10.8. The third-order valence-electron chi connectivity index (χ3n) is 5.36. The summed E-state index contributed by atoms with van der Waals surface area (Å²) in [5.41, 5.74) is 4.68. The zero-order chi connectivity index (χ0) is 22.3. The molecule has 0 atom stereocenters. The van der Waals surface area contributed by atoms with Crippen LogP contribution in [0.2, 0.25) is 0 Å². The lowest BCUT2D eigenvalue weighted by molar-refractivity contribution is -0.121. The van der Waals surface area contributed by atoms with E-state index in [4.69, 9.17) is 4.74 Å². The van der Waals surface area contributed by atoms with E-state index >= 15 is 0 Å². The predicted molar refractivity (Wildman–Crippen MR) is 128 cm³/mol. The van der Waals surface area contributed by atoms with Gasteiger partial charge in [-0.15, -0.1) is 0 Å². The second-order valence-electron chi connectivity index (χ2n) is 7.84. The van der Waals surface area contributed by atoms with Gasteiger partial charge in [0.2, 0.25) is 5.91 Å². The van der Waals surface area contributed by atoms with Crippen LogP contribution in [0, 0.1) is 6.92 Å². The van der Waals surface area contributed by atoms with Gasteiger partial charge in [0.15, 0.2) is 6.61 Å². The van der Waals surface area contributed by atoms with Gasteiger partial charge in [-0.25, -0.2) is 0 Å². The van der Waals surface area contributed by atoms with Gasteiger partial charge in [0.25, 0.3) is 5.91 Å². The minimum Gasteiger partial charge on any atom is -0.482 e. The number of carbonyl (C=O) groups is 2. The number of nitrogens with one attached hydrogen (secondary N) is 1. The van der Waals surface area contributed by atoms with Crippen LogP contribution in [0.15, 0.2) is 78.9 Å². The van der Waals surface area contributed by atoms with Crippen LogP contribution in [-0.4, -0.2) is 25.0 Å². The molecule has 5 nitrogen and oxygen atoms in total. The molecule has 1 aliphatic heterocycles. The Labute approximate surface area is 188 Å². The number of rotatable bonds is 7. The summed E-state index contributed by atoms with van der Waals surface area (Å²) >= 11 is 0. The van der Waals surface area contributed by atoms with Gasteiger partial charge in [-0.2, -0.15) is 0 Å². The number of amides is 2. The second kappa shape index (κ2) is 9.96. The molecule has 1 heterocycles. The van der Waals surface area contributed by atoms with Crippen LogP contribution in [0.25, 0.3) is 6.08 Å². The smallest absolute Gasteiger partial charge is 0.265 e. The molecular weight excluding hydrogens is 400 g/mol. The van der Waals surface area contributed by atoms with Crippen molar-refractivity contribution in [3.05, 3.63) is 95.6 Å². The maximum Gasteiger partial charge on any atom is 0.265 e. The first-order chi connectivity index (χ1) is 15.6. The Morgan fingerprint density at radius 3 is 2.62 bits per heavy atom. The summed E-state index contributed by atoms with van der Waals surface area (Å²) in [6.07, 6.45) is 5.01. The van der Waals surface area contributed by atoms with Gasteiger partial charge in [-0.1, -0.05) is 60.2 Å². The maximum atomic E-state index is 12.5. The van der Waals surface area contributed by atoms with Crippen molar-refractivity contribution in [3.8, 4) is 5.75 Å². The number of nitrogens with zero attached hydrogens (tertiary/aromatic N) is 1. The SMILES string of the molecule is Cc1ccc(/C=C/C(=O)Nc2ccc3c(c2)N(CCCc2ccccc2)C(=O)CO3)cc1. The van der Waals surface area contributed by atoms with E-state index in [9.17, 15) is 9.59 Å². The fourth-order valence-corrected chi connectivity index (χ4v) is 3.64. The second-order valence-corrected chi connectivity index (χ2v) is 7.84. The first-order valence-electron chi connectivity index (χ1n) is 10.8. The lowest BCUT2D eigenvalue weighted by Crippen LogP contribution is -2.39. The van der Waals surface area contributed by atoms with E-state index in [1.807, 2.05) is 49.4 Å². The average Bonchev–Trinajstić information content (AvgIpc) is 2.81. The lowest BCUT2D eigenvalue weighted by Gasteiger charge is -2.30. The fraction of sp³-hybridized carbons (Fsp3) is 0.185. The van der Waals surface area contributed by atoms with Crippen molar-refractivity contribution in [2.75, 3.05) is 23.4 Å². The Kier molecular flexibility index (Phi) is 6.66. The molecule has 3 aromatic carbocycles. The first kappa shape index (κ1) is 21.4. The molecule has 5 heteroatoms. The molecule has 0 aliphatic carbocycles. The quantitative estimate of drug-likeness (QED) is 0.541. The number of aryl methyl sites for hydroxylation is 2. The molecule has 0 unspecified atom stereocenters. The number of hydrogen-bond acceptors (Lipinski definition) is 3. The van der Waals surface area contributed by atoms with Crippen LogP contribution in [0.5, 0.6) is 5.75 Å². The number of fused-ring (bicyclic) bond motifs is 1. The fourth-order valence-electron chi connectivity index (χ4n) is 3.64. The summed E-state index contributed by atoms with van der Waals surface area (Å²) in [6, 6.07) is 23.5. The molecule has 162 valence electrons. The van der Waals surface area contributed by atoms with Gasteiger partial charge in [-0.3, -0.25) is 9.59 Å². The number of anilines is 2. The van der Waals surface area contributed by atoms with Crippen LogP contribution in [0.3, 0.4) is 0 Å². The van der Waals surface area contributed by atoms with Crippen molar-refractivity contribution in [3.63, 3.8) is 0 Å². The van der Waals surface area contributed by atoms with Gasteiger partial charge in [0, 0.05) is 18.3 Å². The molecule has 32 heavy (non-hydrogen) atoms. The number of benzene rings is 3. The third-order valence-corrected chi connectivity index (χ3v) is 5.36. The van der Waals surface area contributed by atoms with Gasteiger partial charge in [0.1, 0.15) is 5.75 Å². The molecule has 0 radical (unpaired) electrons.